The maximum absolute atomic E-state index is 12.4. The van der Waals surface area contributed by atoms with E-state index >= 15 is 0 Å². The van der Waals surface area contributed by atoms with Crippen LogP contribution in [0, 0.1) is 18.3 Å². The normalized spacial score (nSPS) is 10.8. The molecule has 0 heterocycles. The number of carbonyl (C=O) groups excluding carboxylic acids is 1. The van der Waals surface area contributed by atoms with Gasteiger partial charge in [-0.15, -0.1) is 0 Å². The lowest BCUT2D eigenvalue weighted by atomic mass is 10.1. The molecular weight excluding hydrogens is 356 g/mol. The Hall–Kier alpha value is -3.46. The first-order valence-electron chi connectivity index (χ1n) is 8.78. The van der Waals surface area contributed by atoms with Crippen molar-refractivity contribution in [3.63, 3.8) is 0 Å². The first-order chi connectivity index (χ1) is 13.5. The van der Waals surface area contributed by atoms with Gasteiger partial charge in [-0.25, -0.2) is 0 Å². The number of hydrogen-bond donors (Lipinski definition) is 1. The third kappa shape index (κ3) is 5.27. The Bertz CT molecular complexity index is 913. The molecule has 28 heavy (non-hydrogen) atoms. The highest BCUT2D eigenvalue weighted by atomic mass is 16.5. The molecule has 0 saturated carbocycles. The minimum absolute atomic E-state index is 0.0243. The summed E-state index contributed by atoms with van der Waals surface area (Å²) in [6.07, 6.45) is 2.14. The van der Waals surface area contributed by atoms with Crippen molar-refractivity contribution in [2.75, 3.05) is 27.9 Å². The predicted molar refractivity (Wildman–Crippen MR) is 108 cm³/mol. The molecule has 146 valence electrons. The largest absolute Gasteiger partial charge is 0.496 e. The van der Waals surface area contributed by atoms with Crippen LogP contribution in [-0.4, -0.2) is 33.8 Å². The Kier molecular flexibility index (Phi) is 7.46. The summed E-state index contributed by atoms with van der Waals surface area (Å²) in [5.74, 6) is 1.47. The summed E-state index contributed by atoms with van der Waals surface area (Å²) in [5.41, 5.74) is 2.71. The number of aryl methyl sites for hydroxylation is 1. The van der Waals surface area contributed by atoms with Crippen molar-refractivity contribution < 1.29 is 19.0 Å². The molecule has 2 rings (SSSR count). The lowest BCUT2D eigenvalue weighted by Crippen LogP contribution is -2.26. The Morgan fingerprint density at radius 3 is 2.36 bits per heavy atom. The van der Waals surface area contributed by atoms with E-state index in [2.05, 4.69) is 5.32 Å². The van der Waals surface area contributed by atoms with E-state index in [0.29, 0.717) is 35.8 Å². The number of nitrogens with zero attached hydrogens (tertiary/aromatic N) is 1. The zero-order chi connectivity index (χ0) is 20.5. The molecule has 0 aliphatic heterocycles. The van der Waals surface area contributed by atoms with Crippen LogP contribution in [0.25, 0.3) is 6.08 Å². The number of nitrogens with one attached hydrogen (secondary N) is 1. The van der Waals surface area contributed by atoms with Crippen molar-refractivity contribution in [1.82, 2.24) is 5.32 Å². The highest BCUT2D eigenvalue weighted by Crippen LogP contribution is 2.27. The second-order valence-corrected chi connectivity index (χ2v) is 6.11. The summed E-state index contributed by atoms with van der Waals surface area (Å²) in [5, 5.41) is 12.2. The van der Waals surface area contributed by atoms with Crippen LogP contribution in [0.3, 0.4) is 0 Å². The fourth-order valence-electron chi connectivity index (χ4n) is 2.72. The molecule has 0 bridgehead atoms. The van der Waals surface area contributed by atoms with Crippen LogP contribution >= 0.6 is 0 Å². The second-order valence-electron chi connectivity index (χ2n) is 6.11. The van der Waals surface area contributed by atoms with Gasteiger partial charge >= 0.3 is 0 Å². The number of hydrogen-bond acceptors (Lipinski definition) is 5. The summed E-state index contributed by atoms with van der Waals surface area (Å²) in [4.78, 5) is 12.4. The molecule has 0 aromatic heterocycles. The third-order valence-electron chi connectivity index (χ3n) is 4.20. The van der Waals surface area contributed by atoms with Crippen LogP contribution in [0.1, 0.15) is 16.7 Å². The van der Waals surface area contributed by atoms with Crippen LogP contribution in [0.5, 0.6) is 17.2 Å². The van der Waals surface area contributed by atoms with E-state index in [0.717, 1.165) is 11.1 Å². The summed E-state index contributed by atoms with van der Waals surface area (Å²) in [6, 6.07) is 13.1. The van der Waals surface area contributed by atoms with Gasteiger partial charge in [-0.2, -0.15) is 5.26 Å². The molecule has 0 unspecified atom stereocenters. The van der Waals surface area contributed by atoms with E-state index < -0.39 is 5.91 Å². The molecule has 0 aliphatic carbocycles. The fraction of sp³-hybridized carbons (Fsp3) is 0.273. The molecule has 1 amide bonds. The van der Waals surface area contributed by atoms with Gasteiger partial charge in [-0.05, 0) is 49.2 Å². The van der Waals surface area contributed by atoms with Gasteiger partial charge in [0.1, 0.15) is 17.4 Å². The van der Waals surface area contributed by atoms with Crippen LogP contribution in [-0.2, 0) is 11.2 Å². The monoisotopic (exact) mass is 380 g/mol. The number of carbonyl (C=O) groups is 1. The van der Waals surface area contributed by atoms with Crippen LogP contribution < -0.4 is 19.5 Å². The van der Waals surface area contributed by atoms with Crippen LogP contribution in [0.15, 0.2) is 42.0 Å². The fourth-order valence-corrected chi connectivity index (χ4v) is 2.72. The molecule has 2 aromatic rings. The zero-order valence-corrected chi connectivity index (χ0v) is 16.5. The van der Waals surface area contributed by atoms with Crippen molar-refractivity contribution in [3.05, 3.63) is 58.7 Å². The quantitative estimate of drug-likeness (QED) is 0.561. The molecule has 0 fully saturated rings. The summed E-state index contributed by atoms with van der Waals surface area (Å²) < 4.78 is 15.8. The van der Waals surface area contributed by atoms with Gasteiger partial charge in [0.15, 0.2) is 11.5 Å². The first kappa shape index (κ1) is 20.8. The summed E-state index contributed by atoms with van der Waals surface area (Å²) in [6.45, 7) is 2.32. The Balaban J connectivity index is 2.05. The van der Waals surface area contributed by atoms with E-state index in [-0.39, 0.29) is 5.57 Å². The van der Waals surface area contributed by atoms with Crippen molar-refractivity contribution in [3.8, 4) is 23.3 Å². The standard InChI is InChI=1S/C22H24N2O4/c1-15-5-7-19(26-2)17(11-15)13-18(14-23)22(25)24-10-9-16-6-8-20(27-3)21(12-16)28-4/h5-8,11-13H,9-10H2,1-4H3,(H,24,25)/b18-13+. The molecule has 0 spiro atoms. The van der Waals surface area contributed by atoms with Crippen molar-refractivity contribution in [1.29, 1.82) is 5.26 Å². The number of nitriles is 1. The van der Waals surface area contributed by atoms with Gasteiger partial charge < -0.3 is 19.5 Å². The minimum Gasteiger partial charge on any atom is -0.496 e. The van der Waals surface area contributed by atoms with Crippen molar-refractivity contribution >= 4 is 12.0 Å². The minimum atomic E-state index is -0.425. The molecule has 1 N–H and O–H groups in total. The predicted octanol–water partition coefficient (Wildman–Crippen LogP) is 3.29. The second kappa shape index (κ2) is 10.0. The van der Waals surface area contributed by atoms with Crippen molar-refractivity contribution in [2.24, 2.45) is 0 Å². The number of rotatable bonds is 8. The van der Waals surface area contributed by atoms with E-state index in [1.165, 1.54) is 6.08 Å². The highest BCUT2D eigenvalue weighted by Gasteiger charge is 2.11. The smallest absolute Gasteiger partial charge is 0.261 e. The maximum Gasteiger partial charge on any atom is 0.261 e. The zero-order valence-electron chi connectivity index (χ0n) is 16.5. The molecule has 6 heteroatoms. The van der Waals surface area contributed by atoms with Gasteiger partial charge in [0.2, 0.25) is 0 Å². The van der Waals surface area contributed by atoms with Gasteiger partial charge in [0, 0.05) is 12.1 Å². The SMILES string of the molecule is COc1ccc(C)cc1/C=C(\C#N)C(=O)NCCc1ccc(OC)c(OC)c1. The number of ether oxygens (including phenoxy) is 3. The van der Waals surface area contributed by atoms with Crippen molar-refractivity contribution in [2.45, 2.75) is 13.3 Å². The first-order valence-corrected chi connectivity index (χ1v) is 8.78. The van der Waals surface area contributed by atoms with Crippen LogP contribution in [0.4, 0.5) is 0 Å². The molecule has 0 atom stereocenters. The molecule has 0 radical (unpaired) electrons. The van der Waals surface area contributed by atoms with E-state index in [9.17, 15) is 10.1 Å². The average Bonchev–Trinajstić information content (AvgIpc) is 2.71. The molecule has 0 saturated heterocycles. The molecular formula is C22H24N2O4. The lowest BCUT2D eigenvalue weighted by molar-refractivity contribution is -0.117. The van der Waals surface area contributed by atoms with Gasteiger partial charge in [-0.3, -0.25) is 4.79 Å². The average molecular weight is 380 g/mol. The van der Waals surface area contributed by atoms with E-state index in [1.807, 2.05) is 49.4 Å². The topological polar surface area (TPSA) is 80.6 Å². The Morgan fingerprint density at radius 2 is 1.71 bits per heavy atom. The van der Waals surface area contributed by atoms with Crippen LogP contribution in [0.2, 0.25) is 0 Å². The third-order valence-corrected chi connectivity index (χ3v) is 4.20. The molecule has 0 aliphatic rings. The van der Waals surface area contributed by atoms with Gasteiger partial charge in [0.05, 0.1) is 21.3 Å². The maximum atomic E-state index is 12.4. The number of benzene rings is 2. The van der Waals surface area contributed by atoms with Gasteiger partial charge in [0.25, 0.3) is 5.91 Å². The highest BCUT2D eigenvalue weighted by molar-refractivity contribution is 6.02. The molecule has 6 nitrogen and oxygen atoms in total. The summed E-state index contributed by atoms with van der Waals surface area (Å²) in [7, 11) is 4.71. The Morgan fingerprint density at radius 1 is 1.04 bits per heavy atom. The molecule has 2 aromatic carbocycles. The van der Waals surface area contributed by atoms with E-state index in [4.69, 9.17) is 14.2 Å². The Labute approximate surface area is 165 Å². The summed E-state index contributed by atoms with van der Waals surface area (Å²) >= 11 is 0. The lowest BCUT2D eigenvalue weighted by Gasteiger charge is -2.10. The van der Waals surface area contributed by atoms with E-state index in [1.54, 1.807) is 21.3 Å². The van der Waals surface area contributed by atoms with Gasteiger partial charge in [-0.1, -0.05) is 17.7 Å². The number of amides is 1. The number of methoxy groups -OCH3 is 3.